The predicted octanol–water partition coefficient (Wildman–Crippen LogP) is 4.72. The van der Waals surface area contributed by atoms with Crippen LogP contribution in [0.3, 0.4) is 0 Å². The summed E-state index contributed by atoms with van der Waals surface area (Å²) in [5.74, 6) is 1.54. The Morgan fingerprint density at radius 1 is 1.03 bits per heavy atom. The Balaban J connectivity index is 1.17. The number of rotatable bonds is 2. The van der Waals surface area contributed by atoms with E-state index in [2.05, 4.69) is 13.8 Å². The topological polar surface area (TPSA) is 89.2 Å². The molecule has 0 bridgehead atoms. The number of hydrogen-bond acceptors (Lipinski definition) is 6. The van der Waals surface area contributed by atoms with E-state index >= 15 is 0 Å². The monoisotopic (exact) mass is 499 g/mol. The Labute approximate surface area is 213 Å². The molecule has 0 spiro atoms. The third-order valence-electron chi connectivity index (χ3n) is 11.5. The molecule has 5 aliphatic rings. The Kier molecular flexibility index (Phi) is 6.03. The number of ether oxygens (including phenoxy) is 2. The highest BCUT2D eigenvalue weighted by Crippen LogP contribution is 2.70. The van der Waals surface area contributed by atoms with Gasteiger partial charge in [-0.3, -0.25) is 0 Å². The molecule has 1 N–H and O–H groups in total. The van der Waals surface area contributed by atoms with E-state index in [9.17, 15) is 14.7 Å². The summed E-state index contributed by atoms with van der Waals surface area (Å²) in [7, 11) is 0. The summed E-state index contributed by atoms with van der Waals surface area (Å²) in [5.41, 5.74) is 0.0127. The summed E-state index contributed by atoms with van der Waals surface area (Å²) in [4.78, 5) is 26.0. The zero-order chi connectivity index (χ0) is 25.1. The lowest BCUT2D eigenvalue weighted by atomic mass is 9.43. The smallest absolute Gasteiger partial charge is 0.410 e. The number of hydrogen-bond donors (Lipinski definition) is 1. The van der Waals surface area contributed by atoms with Crippen LogP contribution in [-0.4, -0.2) is 54.1 Å². The molecular formula is C29H41NO6. The maximum atomic E-state index is 12.7. The second-order valence-electron chi connectivity index (χ2n) is 12.7. The van der Waals surface area contributed by atoms with E-state index < -0.39 is 5.60 Å². The lowest BCUT2D eigenvalue weighted by Crippen LogP contribution is -2.62. The minimum absolute atomic E-state index is 0.00416. The average molecular weight is 500 g/mol. The van der Waals surface area contributed by atoms with Crippen molar-refractivity contribution in [2.24, 2.45) is 28.6 Å². The maximum absolute atomic E-state index is 12.7. The molecule has 6 rings (SSSR count). The minimum atomic E-state index is -0.690. The van der Waals surface area contributed by atoms with Crippen LogP contribution in [-0.2, 0) is 9.47 Å². The average Bonchev–Trinajstić information content (AvgIpc) is 3.16. The molecule has 1 saturated heterocycles. The van der Waals surface area contributed by atoms with Crippen molar-refractivity contribution in [3.8, 4) is 0 Å². The standard InChI is InChI=1S/C29H41NO6/c1-27-10-7-21(36-26(32)30-13-15-34-16-14-30)17-20(27)4-5-24-23(27)8-11-28(2)22(9-12-29(24,28)33)19-3-6-25(31)35-18-19/h3,6,18,20-24,33H,4-5,7-17H2,1-2H3. The Morgan fingerprint density at radius 2 is 1.83 bits per heavy atom. The van der Waals surface area contributed by atoms with Gasteiger partial charge in [-0.15, -0.1) is 0 Å². The van der Waals surface area contributed by atoms with Gasteiger partial charge in [0.25, 0.3) is 0 Å². The summed E-state index contributed by atoms with van der Waals surface area (Å²) in [5, 5.41) is 12.4. The first-order valence-electron chi connectivity index (χ1n) is 14.1. The highest BCUT2D eigenvalue weighted by Gasteiger charge is 2.67. The zero-order valence-electron chi connectivity index (χ0n) is 21.7. The third kappa shape index (κ3) is 3.67. The maximum Gasteiger partial charge on any atom is 0.410 e. The fraction of sp³-hybridized carbons (Fsp3) is 0.793. The Hall–Kier alpha value is -1.86. The molecule has 198 valence electrons. The third-order valence-corrected chi connectivity index (χ3v) is 11.5. The van der Waals surface area contributed by atoms with Gasteiger partial charge in [0.2, 0.25) is 0 Å². The molecule has 7 heteroatoms. The van der Waals surface area contributed by atoms with Crippen LogP contribution in [0, 0.1) is 28.6 Å². The van der Waals surface area contributed by atoms with Gasteiger partial charge in [0.05, 0.1) is 25.1 Å². The van der Waals surface area contributed by atoms with Crippen molar-refractivity contribution in [3.63, 3.8) is 0 Å². The van der Waals surface area contributed by atoms with Gasteiger partial charge in [-0.05, 0) is 98.5 Å². The number of nitrogens with zero attached hydrogens (tertiary/aromatic N) is 1. The summed E-state index contributed by atoms with van der Waals surface area (Å²) in [6.45, 7) is 7.14. The van der Waals surface area contributed by atoms with Crippen molar-refractivity contribution >= 4 is 6.09 Å². The van der Waals surface area contributed by atoms with Gasteiger partial charge in [-0.25, -0.2) is 9.59 Å². The zero-order valence-corrected chi connectivity index (χ0v) is 21.7. The number of amides is 1. The predicted molar refractivity (Wildman–Crippen MR) is 134 cm³/mol. The number of aliphatic hydroxyl groups is 1. The fourth-order valence-corrected chi connectivity index (χ4v) is 9.36. The van der Waals surface area contributed by atoms with Crippen LogP contribution >= 0.6 is 0 Å². The van der Waals surface area contributed by atoms with Crippen molar-refractivity contribution < 1.29 is 23.8 Å². The van der Waals surface area contributed by atoms with Crippen LogP contribution in [0.1, 0.15) is 83.1 Å². The van der Waals surface area contributed by atoms with Gasteiger partial charge in [-0.2, -0.15) is 0 Å². The van der Waals surface area contributed by atoms with Crippen molar-refractivity contribution in [2.45, 2.75) is 89.3 Å². The molecule has 8 unspecified atom stereocenters. The molecule has 1 amide bonds. The molecule has 5 fully saturated rings. The number of carbonyl (C=O) groups is 1. The van der Waals surface area contributed by atoms with Crippen molar-refractivity contribution in [2.75, 3.05) is 26.3 Å². The van der Waals surface area contributed by atoms with Gasteiger partial charge < -0.3 is 23.9 Å². The molecule has 4 saturated carbocycles. The van der Waals surface area contributed by atoms with E-state index in [4.69, 9.17) is 13.9 Å². The first kappa shape index (κ1) is 24.5. The lowest BCUT2D eigenvalue weighted by Gasteiger charge is -2.63. The van der Waals surface area contributed by atoms with Crippen LogP contribution in [0.2, 0.25) is 0 Å². The number of morpholine rings is 1. The lowest BCUT2D eigenvalue weighted by molar-refractivity contribution is -0.205. The van der Waals surface area contributed by atoms with E-state index in [1.54, 1.807) is 11.2 Å². The molecule has 4 aliphatic carbocycles. The van der Waals surface area contributed by atoms with Crippen LogP contribution < -0.4 is 5.63 Å². The SMILES string of the molecule is CC12CCC(OC(=O)N3CCOCC3)CC1CCC1C2CCC2(C)C(c3ccc(=O)oc3)CCC12O. The Morgan fingerprint density at radius 3 is 2.58 bits per heavy atom. The summed E-state index contributed by atoms with van der Waals surface area (Å²) < 4.78 is 16.6. The van der Waals surface area contributed by atoms with E-state index in [0.717, 1.165) is 63.4 Å². The molecule has 1 aromatic heterocycles. The largest absolute Gasteiger partial charge is 0.446 e. The van der Waals surface area contributed by atoms with E-state index in [1.165, 1.54) is 6.07 Å². The first-order chi connectivity index (χ1) is 17.2. The quantitative estimate of drug-likeness (QED) is 0.634. The van der Waals surface area contributed by atoms with Crippen molar-refractivity contribution in [1.29, 1.82) is 0 Å². The van der Waals surface area contributed by atoms with E-state index in [1.807, 2.05) is 6.07 Å². The van der Waals surface area contributed by atoms with Gasteiger partial charge >= 0.3 is 11.7 Å². The summed E-state index contributed by atoms with van der Waals surface area (Å²) in [6, 6.07) is 3.41. The second-order valence-corrected chi connectivity index (χ2v) is 12.7. The highest BCUT2D eigenvalue weighted by atomic mass is 16.6. The molecule has 36 heavy (non-hydrogen) atoms. The first-order valence-corrected chi connectivity index (χ1v) is 14.1. The summed E-state index contributed by atoms with van der Waals surface area (Å²) in [6.07, 6.45) is 10.3. The van der Waals surface area contributed by atoms with Crippen molar-refractivity contribution in [3.05, 3.63) is 34.4 Å². The second kappa shape index (κ2) is 8.87. The van der Waals surface area contributed by atoms with Gasteiger partial charge in [0.15, 0.2) is 0 Å². The molecule has 1 aromatic rings. The fourth-order valence-electron chi connectivity index (χ4n) is 9.36. The Bertz CT molecular complexity index is 1030. The molecule has 7 nitrogen and oxygen atoms in total. The van der Waals surface area contributed by atoms with Crippen molar-refractivity contribution in [1.82, 2.24) is 4.90 Å². The summed E-state index contributed by atoms with van der Waals surface area (Å²) >= 11 is 0. The number of fused-ring (bicyclic) bond motifs is 5. The molecule has 0 radical (unpaired) electrons. The molecule has 1 aliphatic heterocycles. The normalized spacial score (nSPS) is 44.3. The van der Waals surface area contributed by atoms with Crippen LogP contribution in [0.5, 0.6) is 0 Å². The molecule has 8 atom stereocenters. The highest BCUT2D eigenvalue weighted by molar-refractivity contribution is 5.67. The van der Waals surface area contributed by atoms with Gasteiger partial charge in [0.1, 0.15) is 6.10 Å². The van der Waals surface area contributed by atoms with Gasteiger partial charge in [0, 0.05) is 24.6 Å². The molecular weight excluding hydrogens is 458 g/mol. The van der Waals surface area contributed by atoms with E-state index in [-0.39, 0.29) is 34.6 Å². The minimum Gasteiger partial charge on any atom is -0.446 e. The van der Waals surface area contributed by atoms with Crippen LogP contribution in [0.25, 0.3) is 0 Å². The van der Waals surface area contributed by atoms with E-state index in [0.29, 0.717) is 44.1 Å². The number of carbonyl (C=O) groups excluding carboxylic acids is 1. The molecule has 2 heterocycles. The van der Waals surface area contributed by atoms with Gasteiger partial charge in [-0.1, -0.05) is 13.8 Å². The molecule has 0 aromatic carbocycles. The van der Waals surface area contributed by atoms with Crippen LogP contribution in [0.4, 0.5) is 4.79 Å². The van der Waals surface area contributed by atoms with Crippen LogP contribution in [0.15, 0.2) is 27.6 Å².